The van der Waals surface area contributed by atoms with Gasteiger partial charge in [0.2, 0.25) is 0 Å². The molecule has 18 heavy (non-hydrogen) atoms. The quantitative estimate of drug-likeness (QED) is 0.885. The van der Waals surface area contributed by atoms with Gasteiger partial charge in [0.1, 0.15) is 0 Å². The summed E-state index contributed by atoms with van der Waals surface area (Å²) < 4.78 is 0. The van der Waals surface area contributed by atoms with Crippen LogP contribution in [0.5, 0.6) is 0 Å². The molecule has 2 aromatic carbocycles. The van der Waals surface area contributed by atoms with Crippen LogP contribution in [0, 0.1) is 6.92 Å². The van der Waals surface area contributed by atoms with E-state index in [0.717, 1.165) is 6.42 Å². The van der Waals surface area contributed by atoms with Crippen molar-refractivity contribution in [3.8, 4) is 0 Å². The Morgan fingerprint density at radius 3 is 2.61 bits per heavy atom. The van der Waals surface area contributed by atoms with Gasteiger partial charge in [-0.15, -0.1) is 11.8 Å². The van der Waals surface area contributed by atoms with Crippen molar-refractivity contribution in [3.05, 3.63) is 65.2 Å². The number of benzene rings is 2. The van der Waals surface area contributed by atoms with Crippen LogP contribution in [0.4, 0.5) is 0 Å². The van der Waals surface area contributed by atoms with Crippen molar-refractivity contribution in [2.45, 2.75) is 29.5 Å². The fourth-order valence-electron chi connectivity index (χ4n) is 2.57. The van der Waals surface area contributed by atoms with Gasteiger partial charge in [0, 0.05) is 16.2 Å². The monoisotopic (exact) mass is 255 g/mol. The van der Waals surface area contributed by atoms with Crippen LogP contribution in [0.25, 0.3) is 0 Å². The highest BCUT2D eigenvalue weighted by Crippen LogP contribution is 2.42. The number of hydrogen-bond acceptors (Lipinski definition) is 2. The van der Waals surface area contributed by atoms with E-state index in [1.165, 1.54) is 21.6 Å². The first-order chi connectivity index (χ1) is 8.75. The number of aryl methyl sites for hydroxylation is 1. The Labute approximate surface area is 112 Å². The van der Waals surface area contributed by atoms with Crippen molar-refractivity contribution in [1.29, 1.82) is 0 Å². The maximum absolute atomic E-state index is 6.46. The van der Waals surface area contributed by atoms with E-state index in [9.17, 15) is 0 Å². The van der Waals surface area contributed by atoms with E-state index in [1.807, 2.05) is 11.8 Å². The Hall–Kier alpha value is -1.25. The molecule has 0 amide bonds. The van der Waals surface area contributed by atoms with Gasteiger partial charge in [-0.3, -0.25) is 0 Å². The summed E-state index contributed by atoms with van der Waals surface area (Å²) in [6.45, 7) is 2.14. The highest BCUT2D eigenvalue weighted by molar-refractivity contribution is 8.00. The number of rotatable bonds is 2. The van der Waals surface area contributed by atoms with Crippen LogP contribution < -0.4 is 5.73 Å². The van der Waals surface area contributed by atoms with Gasteiger partial charge < -0.3 is 5.73 Å². The molecule has 2 atom stereocenters. The normalized spacial score (nSPS) is 19.6. The highest BCUT2D eigenvalue weighted by atomic mass is 32.2. The Balaban J connectivity index is 1.85. The van der Waals surface area contributed by atoms with Crippen LogP contribution in [0.2, 0.25) is 0 Å². The predicted octanol–water partition coefficient (Wildman–Crippen LogP) is 3.71. The minimum absolute atomic E-state index is 0.114. The van der Waals surface area contributed by atoms with E-state index >= 15 is 0 Å². The second-order valence-corrected chi connectivity index (χ2v) is 6.13. The summed E-state index contributed by atoms with van der Waals surface area (Å²) in [6.07, 6.45) is 1.08. The summed E-state index contributed by atoms with van der Waals surface area (Å²) in [6, 6.07) is 17.2. The second kappa shape index (κ2) is 4.79. The molecule has 92 valence electrons. The topological polar surface area (TPSA) is 26.0 Å². The number of fused-ring (bicyclic) bond motifs is 1. The molecule has 0 saturated heterocycles. The molecule has 0 spiro atoms. The molecule has 0 aromatic heterocycles. The summed E-state index contributed by atoms with van der Waals surface area (Å²) in [7, 11) is 0. The average Bonchev–Trinajstić information content (AvgIpc) is 2.82. The summed E-state index contributed by atoms with van der Waals surface area (Å²) in [5.41, 5.74) is 10.5. The lowest BCUT2D eigenvalue weighted by molar-refractivity contribution is 0.674. The molecule has 0 radical (unpaired) electrons. The molecule has 0 aliphatic carbocycles. The molecule has 0 saturated carbocycles. The van der Waals surface area contributed by atoms with E-state index in [0.29, 0.717) is 5.25 Å². The summed E-state index contributed by atoms with van der Waals surface area (Å²) in [5, 5.41) is 0.462. The van der Waals surface area contributed by atoms with Crippen LogP contribution in [0.3, 0.4) is 0 Å². The third-order valence-corrected chi connectivity index (χ3v) is 5.04. The highest BCUT2D eigenvalue weighted by Gasteiger charge is 2.28. The molecule has 2 unspecified atom stereocenters. The van der Waals surface area contributed by atoms with Crippen molar-refractivity contribution in [3.63, 3.8) is 0 Å². The lowest BCUT2D eigenvalue weighted by Crippen LogP contribution is -2.24. The number of hydrogen-bond donors (Lipinski definition) is 1. The van der Waals surface area contributed by atoms with Gasteiger partial charge in [0.05, 0.1) is 0 Å². The van der Waals surface area contributed by atoms with E-state index in [2.05, 4.69) is 55.5 Å². The van der Waals surface area contributed by atoms with Crippen LogP contribution >= 0.6 is 11.8 Å². The second-order valence-electron chi connectivity index (χ2n) is 4.85. The van der Waals surface area contributed by atoms with E-state index in [1.54, 1.807) is 0 Å². The third-order valence-electron chi connectivity index (χ3n) is 3.62. The fourth-order valence-corrected chi connectivity index (χ4v) is 3.91. The van der Waals surface area contributed by atoms with Crippen molar-refractivity contribution >= 4 is 11.8 Å². The predicted molar refractivity (Wildman–Crippen MR) is 77.9 cm³/mol. The molecule has 0 fully saturated rings. The van der Waals surface area contributed by atoms with E-state index in [-0.39, 0.29) is 6.04 Å². The van der Waals surface area contributed by atoms with Crippen LogP contribution in [0.15, 0.2) is 53.4 Å². The Bertz CT molecular complexity index is 540. The van der Waals surface area contributed by atoms with Crippen molar-refractivity contribution < 1.29 is 0 Å². The zero-order valence-corrected chi connectivity index (χ0v) is 11.3. The van der Waals surface area contributed by atoms with Crippen LogP contribution in [0.1, 0.15) is 22.7 Å². The molecule has 2 N–H and O–H groups in total. The van der Waals surface area contributed by atoms with Gasteiger partial charge in [0.15, 0.2) is 0 Å². The first-order valence-corrected chi connectivity index (χ1v) is 7.19. The molecule has 1 aliphatic heterocycles. The molecule has 2 heteroatoms. The van der Waals surface area contributed by atoms with Crippen molar-refractivity contribution in [2.24, 2.45) is 5.73 Å². The van der Waals surface area contributed by atoms with Crippen molar-refractivity contribution in [2.75, 3.05) is 0 Å². The lowest BCUT2D eigenvalue weighted by atomic mass is 9.96. The molecule has 2 aromatic rings. The average molecular weight is 255 g/mol. The first kappa shape index (κ1) is 11.8. The molecule has 0 bridgehead atoms. The van der Waals surface area contributed by atoms with Gasteiger partial charge in [-0.05, 0) is 36.1 Å². The van der Waals surface area contributed by atoms with Gasteiger partial charge in [0.25, 0.3) is 0 Å². The Morgan fingerprint density at radius 2 is 1.83 bits per heavy atom. The smallest absolute Gasteiger partial charge is 0.0424 e. The number of thioether (sulfide) groups is 1. The van der Waals surface area contributed by atoms with Gasteiger partial charge in [-0.1, -0.05) is 42.5 Å². The zero-order chi connectivity index (χ0) is 12.5. The molecule has 1 aliphatic rings. The molecular weight excluding hydrogens is 238 g/mol. The maximum atomic E-state index is 6.46. The van der Waals surface area contributed by atoms with E-state index < -0.39 is 0 Å². The Kier molecular flexibility index (Phi) is 3.14. The van der Waals surface area contributed by atoms with Crippen molar-refractivity contribution in [1.82, 2.24) is 0 Å². The SMILES string of the molecule is Cc1ccccc1C(N)C1Cc2ccccc2S1. The minimum Gasteiger partial charge on any atom is -0.323 e. The summed E-state index contributed by atoms with van der Waals surface area (Å²) in [4.78, 5) is 1.39. The number of nitrogens with two attached hydrogens (primary N) is 1. The lowest BCUT2D eigenvalue weighted by Gasteiger charge is -2.20. The van der Waals surface area contributed by atoms with Gasteiger partial charge in [-0.25, -0.2) is 0 Å². The fraction of sp³-hybridized carbons (Fsp3) is 0.250. The zero-order valence-electron chi connectivity index (χ0n) is 10.5. The largest absolute Gasteiger partial charge is 0.323 e. The molecule has 1 heterocycles. The standard InChI is InChI=1S/C16H17NS/c1-11-6-2-4-8-13(11)16(17)15-10-12-7-3-5-9-14(12)18-15/h2-9,15-16H,10,17H2,1H3. The van der Waals surface area contributed by atoms with Crippen LogP contribution in [-0.4, -0.2) is 5.25 Å². The van der Waals surface area contributed by atoms with Gasteiger partial charge >= 0.3 is 0 Å². The Morgan fingerprint density at radius 1 is 1.11 bits per heavy atom. The molecular formula is C16H17NS. The molecule has 1 nitrogen and oxygen atoms in total. The summed E-state index contributed by atoms with van der Waals surface area (Å²) in [5.74, 6) is 0. The maximum Gasteiger partial charge on any atom is 0.0424 e. The minimum atomic E-state index is 0.114. The van der Waals surface area contributed by atoms with Gasteiger partial charge in [-0.2, -0.15) is 0 Å². The third kappa shape index (κ3) is 2.06. The summed E-state index contributed by atoms with van der Waals surface area (Å²) >= 11 is 1.92. The molecule has 3 rings (SSSR count). The van der Waals surface area contributed by atoms with Crippen LogP contribution in [-0.2, 0) is 6.42 Å². The van der Waals surface area contributed by atoms with E-state index in [4.69, 9.17) is 5.73 Å². The first-order valence-electron chi connectivity index (χ1n) is 6.31.